The molecule has 5 heteroatoms. The Bertz CT molecular complexity index is 637. The molecule has 0 aliphatic rings. The molecule has 0 aliphatic carbocycles. The first-order chi connectivity index (χ1) is 8.56. The van der Waals surface area contributed by atoms with E-state index in [1.54, 1.807) is 17.1 Å². The second-order valence-electron chi connectivity index (χ2n) is 4.15. The van der Waals surface area contributed by atoms with Gasteiger partial charge in [-0.2, -0.15) is 0 Å². The summed E-state index contributed by atoms with van der Waals surface area (Å²) in [5.74, 6) is 5.83. The molecule has 0 saturated heterocycles. The topological polar surface area (TPSA) is 59.5 Å². The number of alkyl halides is 1. The van der Waals surface area contributed by atoms with E-state index >= 15 is 0 Å². The van der Waals surface area contributed by atoms with Gasteiger partial charge in [-0.25, -0.2) is 15.0 Å². The summed E-state index contributed by atoms with van der Waals surface area (Å²) < 4.78 is 18.0. The van der Waals surface area contributed by atoms with Gasteiger partial charge in [0.25, 0.3) is 0 Å². The van der Waals surface area contributed by atoms with Gasteiger partial charge >= 0.3 is 5.63 Å². The third kappa shape index (κ3) is 2.09. The van der Waals surface area contributed by atoms with Crippen LogP contribution >= 0.6 is 0 Å². The summed E-state index contributed by atoms with van der Waals surface area (Å²) in [6.45, 7) is 3.73. The summed E-state index contributed by atoms with van der Waals surface area (Å²) in [7, 11) is 0. The lowest BCUT2D eigenvalue weighted by Crippen LogP contribution is -2.30. The van der Waals surface area contributed by atoms with Crippen LogP contribution in [0.2, 0.25) is 0 Å². The number of hydrazine groups is 1. The molecule has 0 bridgehead atoms. The zero-order valence-corrected chi connectivity index (χ0v) is 10.4. The molecule has 0 aliphatic heterocycles. The maximum atomic E-state index is 12.9. The quantitative estimate of drug-likeness (QED) is 0.515. The van der Waals surface area contributed by atoms with Gasteiger partial charge in [0.05, 0.1) is 5.69 Å². The fourth-order valence-electron chi connectivity index (χ4n) is 1.96. The molecule has 0 radical (unpaired) electrons. The number of fused-ring (bicyclic) bond motifs is 1. The minimum atomic E-state index is -0.693. The monoisotopic (exact) mass is 250 g/mol. The van der Waals surface area contributed by atoms with Gasteiger partial charge in [0, 0.05) is 29.6 Å². The minimum absolute atomic E-state index is 0.343. The summed E-state index contributed by atoms with van der Waals surface area (Å²) >= 11 is 0. The highest BCUT2D eigenvalue weighted by Gasteiger charge is 2.11. The molecule has 0 amide bonds. The van der Waals surface area contributed by atoms with Gasteiger partial charge < -0.3 is 9.43 Å². The SMILES string of the molecule is CCN(N)c1cc2oc(=O)cc(CF)c2cc1C. The first kappa shape index (κ1) is 12.6. The Kier molecular flexibility index (Phi) is 3.34. The van der Waals surface area contributed by atoms with E-state index in [2.05, 4.69) is 0 Å². The van der Waals surface area contributed by atoms with Crippen molar-refractivity contribution >= 4 is 16.7 Å². The number of aryl methyl sites for hydroxylation is 1. The van der Waals surface area contributed by atoms with Gasteiger partial charge in [-0.05, 0) is 25.5 Å². The van der Waals surface area contributed by atoms with Crippen LogP contribution in [0.15, 0.2) is 27.4 Å². The summed E-state index contributed by atoms with van der Waals surface area (Å²) in [5, 5.41) is 2.17. The van der Waals surface area contributed by atoms with Gasteiger partial charge in [-0.1, -0.05) is 0 Å². The average molecular weight is 250 g/mol. The van der Waals surface area contributed by atoms with Gasteiger partial charge in [-0.15, -0.1) is 0 Å². The largest absolute Gasteiger partial charge is 0.423 e. The van der Waals surface area contributed by atoms with Crippen LogP contribution < -0.4 is 16.5 Å². The van der Waals surface area contributed by atoms with Gasteiger partial charge in [0.1, 0.15) is 12.3 Å². The van der Waals surface area contributed by atoms with Crippen molar-refractivity contribution in [1.29, 1.82) is 0 Å². The number of hydrogen-bond donors (Lipinski definition) is 1. The van der Waals surface area contributed by atoms with Crippen LogP contribution in [0.25, 0.3) is 11.0 Å². The lowest BCUT2D eigenvalue weighted by Gasteiger charge is -2.19. The van der Waals surface area contributed by atoms with Crippen LogP contribution in [-0.2, 0) is 6.67 Å². The second-order valence-corrected chi connectivity index (χ2v) is 4.15. The van der Waals surface area contributed by atoms with Crippen molar-refractivity contribution < 1.29 is 8.81 Å². The molecule has 2 N–H and O–H groups in total. The van der Waals surface area contributed by atoms with E-state index in [-0.39, 0.29) is 0 Å². The van der Waals surface area contributed by atoms with E-state index in [0.29, 0.717) is 23.1 Å². The smallest absolute Gasteiger partial charge is 0.336 e. The van der Waals surface area contributed by atoms with Crippen LogP contribution in [0.4, 0.5) is 10.1 Å². The minimum Gasteiger partial charge on any atom is -0.423 e. The van der Waals surface area contributed by atoms with E-state index < -0.39 is 12.3 Å². The summed E-state index contributed by atoms with van der Waals surface area (Å²) in [6.07, 6.45) is 0. The molecule has 0 unspecified atom stereocenters. The zero-order chi connectivity index (χ0) is 13.3. The van der Waals surface area contributed by atoms with Crippen molar-refractivity contribution in [2.24, 2.45) is 5.84 Å². The van der Waals surface area contributed by atoms with Crippen molar-refractivity contribution in [2.45, 2.75) is 20.5 Å². The van der Waals surface area contributed by atoms with Crippen LogP contribution in [-0.4, -0.2) is 6.54 Å². The third-order valence-corrected chi connectivity index (χ3v) is 2.94. The molecule has 96 valence electrons. The molecule has 0 fully saturated rings. The van der Waals surface area contributed by atoms with Gasteiger partial charge in [0.2, 0.25) is 0 Å². The van der Waals surface area contributed by atoms with Gasteiger partial charge in [-0.3, -0.25) is 0 Å². The average Bonchev–Trinajstić information content (AvgIpc) is 2.36. The predicted molar refractivity (Wildman–Crippen MR) is 69.2 cm³/mol. The van der Waals surface area contributed by atoms with Gasteiger partial charge in [0.15, 0.2) is 0 Å². The van der Waals surface area contributed by atoms with Crippen molar-refractivity contribution in [2.75, 3.05) is 11.6 Å². The Hall–Kier alpha value is -1.88. The number of anilines is 1. The Morgan fingerprint density at radius 2 is 2.11 bits per heavy atom. The molecular formula is C13H15FN2O2. The number of nitrogens with zero attached hydrogens (tertiary/aromatic N) is 1. The Labute approximate surface area is 104 Å². The molecular weight excluding hydrogens is 235 g/mol. The highest BCUT2D eigenvalue weighted by molar-refractivity contribution is 5.85. The molecule has 2 rings (SSSR count). The van der Waals surface area contributed by atoms with Crippen molar-refractivity contribution in [3.63, 3.8) is 0 Å². The summed E-state index contributed by atoms with van der Waals surface area (Å²) in [4.78, 5) is 11.3. The van der Waals surface area contributed by atoms with E-state index in [4.69, 9.17) is 10.3 Å². The Morgan fingerprint density at radius 1 is 1.39 bits per heavy atom. The predicted octanol–water partition coefficient (Wildman–Crippen LogP) is 2.27. The van der Waals surface area contributed by atoms with E-state index in [9.17, 15) is 9.18 Å². The molecule has 18 heavy (non-hydrogen) atoms. The first-order valence-corrected chi connectivity index (χ1v) is 5.72. The number of halogens is 1. The first-order valence-electron chi connectivity index (χ1n) is 5.72. The van der Waals surface area contributed by atoms with E-state index in [0.717, 1.165) is 11.3 Å². The zero-order valence-electron chi connectivity index (χ0n) is 10.4. The van der Waals surface area contributed by atoms with Crippen LogP contribution in [0, 0.1) is 6.92 Å². The normalized spacial score (nSPS) is 10.9. The van der Waals surface area contributed by atoms with Crippen molar-refractivity contribution in [3.8, 4) is 0 Å². The lowest BCUT2D eigenvalue weighted by atomic mass is 10.1. The molecule has 1 aromatic heterocycles. The highest BCUT2D eigenvalue weighted by atomic mass is 19.1. The Balaban J connectivity index is 2.75. The molecule has 0 spiro atoms. The summed E-state index contributed by atoms with van der Waals surface area (Å²) in [6, 6.07) is 4.65. The number of benzene rings is 1. The fourth-order valence-corrected chi connectivity index (χ4v) is 1.96. The van der Waals surface area contributed by atoms with Crippen molar-refractivity contribution in [3.05, 3.63) is 39.7 Å². The van der Waals surface area contributed by atoms with Crippen molar-refractivity contribution in [1.82, 2.24) is 0 Å². The molecule has 4 nitrogen and oxygen atoms in total. The third-order valence-electron chi connectivity index (χ3n) is 2.94. The van der Waals surface area contributed by atoms with E-state index in [1.807, 2.05) is 13.8 Å². The number of hydrogen-bond acceptors (Lipinski definition) is 4. The number of nitrogens with two attached hydrogens (primary N) is 1. The van der Waals surface area contributed by atoms with Crippen LogP contribution in [0.5, 0.6) is 0 Å². The molecule has 0 saturated carbocycles. The standard InChI is InChI=1S/C13H15FN2O2/c1-3-16(15)11-6-12-10(4-8(11)2)9(7-14)5-13(17)18-12/h4-6H,3,7,15H2,1-2H3. The second kappa shape index (κ2) is 4.78. The Morgan fingerprint density at radius 3 is 2.72 bits per heavy atom. The molecule has 2 aromatic rings. The maximum Gasteiger partial charge on any atom is 0.336 e. The molecule has 1 heterocycles. The molecule has 0 atom stereocenters. The summed E-state index contributed by atoms with van der Waals surface area (Å²) in [5.41, 5.74) is 1.83. The highest BCUT2D eigenvalue weighted by Crippen LogP contribution is 2.27. The van der Waals surface area contributed by atoms with E-state index in [1.165, 1.54) is 6.07 Å². The van der Waals surface area contributed by atoms with Crippen LogP contribution in [0.3, 0.4) is 0 Å². The number of rotatable bonds is 3. The maximum absolute atomic E-state index is 12.9. The lowest BCUT2D eigenvalue weighted by molar-refractivity contribution is 0.481. The fraction of sp³-hybridized carbons (Fsp3) is 0.308. The molecule has 1 aromatic carbocycles. The van der Waals surface area contributed by atoms with Crippen LogP contribution in [0.1, 0.15) is 18.1 Å².